The fraction of sp³-hybridized carbons (Fsp3) is 0.316. The zero-order chi connectivity index (χ0) is 17.6. The Bertz CT molecular complexity index is 784. The van der Waals surface area contributed by atoms with E-state index < -0.39 is 0 Å². The summed E-state index contributed by atoms with van der Waals surface area (Å²) in [4.78, 5) is 15.3. The van der Waals surface area contributed by atoms with Crippen LogP contribution in [0.3, 0.4) is 0 Å². The SMILES string of the molecule is Cc1cccnc1[C@H](Cc1ccsc1)NCc1cnc(N(C)C)nc1. The smallest absolute Gasteiger partial charge is 0.224 e. The van der Waals surface area contributed by atoms with Crippen molar-refractivity contribution in [2.24, 2.45) is 0 Å². The number of nitrogens with one attached hydrogen (secondary N) is 1. The van der Waals surface area contributed by atoms with Crippen LogP contribution in [-0.4, -0.2) is 29.0 Å². The van der Waals surface area contributed by atoms with Gasteiger partial charge in [-0.15, -0.1) is 0 Å². The number of rotatable bonds is 7. The summed E-state index contributed by atoms with van der Waals surface area (Å²) < 4.78 is 0. The van der Waals surface area contributed by atoms with Crippen molar-refractivity contribution >= 4 is 17.3 Å². The van der Waals surface area contributed by atoms with Crippen molar-refractivity contribution in [2.45, 2.75) is 25.9 Å². The number of hydrogen-bond acceptors (Lipinski definition) is 6. The lowest BCUT2D eigenvalue weighted by atomic mass is 10.0. The topological polar surface area (TPSA) is 53.9 Å². The summed E-state index contributed by atoms with van der Waals surface area (Å²) in [5.74, 6) is 0.721. The van der Waals surface area contributed by atoms with E-state index in [0.717, 1.165) is 23.6 Å². The van der Waals surface area contributed by atoms with Gasteiger partial charge in [0.25, 0.3) is 0 Å². The van der Waals surface area contributed by atoms with Crippen LogP contribution in [0.5, 0.6) is 0 Å². The van der Waals surface area contributed by atoms with E-state index in [-0.39, 0.29) is 6.04 Å². The van der Waals surface area contributed by atoms with Crippen molar-refractivity contribution in [1.82, 2.24) is 20.3 Å². The fourth-order valence-corrected chi connectivity index (χ4v) is 3.37. The zero-order valence-corrected chi connectivity index (χ0v) is 15.6. The molecule has 1 N–H and O–H groups in total. The molecule has 3 rings (SSSR count). The minimum atomic E-state index is 0.157. The Kier molecular flexibility index (Phi) is 5.73. The molecule has 0 fully saturated rings. The van der Waals surface area contributed by atoms with Gasteiger partial charge in [-0.25, -0.2) is 9.97 Å². The lowest BCUT2D eigenvalue weighted by Crippen LogP contribution is -2.25. The summed E-state index contributed by atoms with van der Waals surface area (Å²) in [5, 5.41) is 7.94. The van der Waals surface area contributed by atoms with Gasteiger partial charge in [0, 0.05) is 44.8 Å². The molecule has 3 heterocycles. The molecule has 0 saturated carbocycles. The molecule has 0 unspecified atom stereocenters. The van der Waals surface area contributed by atoms with Crippen molar-refractivity contribution in [3.05, 3.63) is 69.9 Å². The fourth-order valence-electron chi connectivity index (χ4n) is 2.68. The van der Waals surface area contributed by atoms with Crippen LogP contribution < -0.4 is 10.2 Å². The molecule has 0 radical (unpaired) electrons. The van der Waals surface area contributed by atoms with E-state index >= 15 is 0 Å². The van der Waals surface area contributed by atoms with E-state index in [0.29, 0.717) is 6.54 Å². The van der Waals surface area contributed by atoms with Gasteiger partial charge in [-0.3, -0.25) is 4.98 Å². The highest BCUT2D eigenvalue weighted by molar-refractivity contribution is 7.07. The van der Waals surface area contributed by atoms with Crippen molar-refractivity contribution < 1.29 is 0 Å². The minimum Gasteiger partial charge on any atom is -0.347 e. The Morgan fingerprint density at radius 2 is 1.92 bits per heavy atom. The maximum atomic E-state index is 4.61. The minimum absolute atomic E-state index is 0.157. The van der Waals surface area contributed by atoms with Crippen LogP contribution in [0.25, 0.3) is 0 Å². The van der Waals surface area contributed by atoms with E-state index in [1.165, 1.54) is 11.1 Å². The van der Waals surface area contributed by atoms with Gasteiger partial charge in [-0.1, -0.05) is 6.07 Å². The normalized spacial score (nSPS) is 12.1. The van der Waals surface area contributed by atoms with Crippen LogP contribution in [0.4, 0.5) is 5.95 Å². The summed E-state index contributed by atoms with van der Waals surface area (Å²) in [7, 11) is 3.88. The maximum Gasteiger partial charge on any atom is 0.224 e. The molecule has 5 nitrogen and oxygen atoms in total. The Morgan fingerprint density at radius 1 is 1.12 bits per heavy atom. The number of nitrogens with zero attached hydrogens (tertiary/aromatic N) is 4. The van der Waals surface area contributed by atoms with Crippen molar-refractivity contribution in [3.8, 4) is 0 Å². The number of aryl methyl sites for hydroxylation is 1. The van der Waals surface area contributed by atoms with Gasteiger partial charge in [0.05, 0.1) is 11.7 Å². The van der Waals surface area contributed by atoms with E-state index in [1.807, 2.05) is 43.7 Å². The van der Waals surface area contributed by atoms with Crippen molar-refractivity contribution in [2.75, 3.05) is 19.0 Å². The van der Waals surface area contributed by atoms with Crippen molar-refractivity contribution in [3.63, 3.8) is 0 Å². The molecule has 0 bridgehead atoms. The molecule has 3 aromatic rings. The van der Waals surface area contributed by atoms with Crippen molar-refractivity contribution in [1.29, 1.82) is 0 Å². The summed E-state index contributed by atoms with van der Waals surface area (Å²) in [5.41, 5.74) is 4.69. The van der Waals surface area contributed by atoms with Gasteiger partial charge < -0.3 is 10.2 Å². The Morgan fingerprint density at radius 3 is 2.56 bits per heavy atom. The summed E-state index contributed by atoms with van der Waals surface area (Å²) in [6.07, 6.45) is 6.53. The van der Waals surface area contributed by atoms with Gasteiger partial charge in [0.1, 0.15) is 0 Å². The van der Waals surface area contributed by atoms with E-state index in [9.17, 15) is 0 Å². The third-order valence-corrected chi connectivity index (χ3v) is 4.78. The molecular weight excluding hydrogens is 330 g/mol. The van der Waals surface area contributed by atoms with Gasteiger partial charge in [0.15, 0.2) is 0 Å². The first kappa shape index (κ1) is 17.5. The van der Waals surface area contributed by atoms with Crippen LogP contribution >= 0.6 is 11.3 Å². The van der Waals surface area contributed by atoms with Crippen LogP contribution in [-0.2, 0) is 13.0 Å². The molecule has 1 atom stereocenters. The largest absolute Gasteiger partial charge is 0.347 e. The second-order valence-electron chi connectivity index (χ2n) is 6.26. The molecule has 0 amide bonds. The predicted molar refractivity (Wildman–Crippen MR) is 103 cm³/mol. The molecule has 0 aromatic carbocycles. The molecule has 0 aliphatic heterocycles. The number of anilines is 1. The molecule has 0 aliphatic carbocycles. The monoisotopic (exact) mass is 353 g/mol. The third kappa shape index (κ3) is 4.61. The highest BCUT2D eigenvalue weighted by Gasteiger charge is 2.16. The summed E-state index contributed by atoms with van der Waals surface area (Å²) in [6, 6.07) is 6.42. The number of hydrogen-bond donors (Lipinski definition) is 1. The molecule has 130 valence electrons. The summed E-state index contributed by atoms with van der Waals surface area (Å²) >= 11 is 1.73. The molecule has 3 aromatic heterocycles. The quantitative estimate of drug-likeness (QED) is 0.706. The Labute approximate surface area is 152 Å². The maximum absolute atomic E-state index is 4.61. The summed E-state index contributed by atoms with van der Waals surface area (Å²) in [6.45, 7) is 2.82. The van der Waals surface area contributed by atoms with Gasteiger partial charge >= 0.3 is 0 Å². The highest BCUT2D eigenvalue weighted by atomic mass is 32.1. The van der Waals surface area contributed by atoms with Gasteiger partial charge in [-0.05, 0) is 47.4 Å². The average Bonchev–Trinajstić information content (AvgIpc) is 3.13. The predicted octanol–water partition coefficient (Wildman–Crippen LogP) is 3.38. The second-order valence-corrected chi connectivity index (χ2v) is 7.04. The van der Waals surface area contributed by atoms with Crippen LogP contribution in [0.1, 0.15) is 28.4 Å². The molecule has 25 heavy (non-hydrogen) atoms. The second kappa shape index (κ2) is 8.18. The molecule has 6 heteroatoms. The van der Waals surface area contributed by atoms with Crippen LogP contribution in [0.2, 0.25) is 0 Å². The molecule has 0 spiro atoms. The molecule has 0 saturated heterocycles. The lowest BCUT2D eigenvalue weighted by Gasteiger charge is -2.20. The standard InChI is InChI=1S/C19H23N5S/c1-14-5-4-7-20-18(14)17(9-15-6-8-25-13-15)21-10-16-11-22-19(23-12-16)24(2)3/h4-8,11-13,17,21H,9-10H2,1-3H3/t17-/m0/s1. The zero-order valence-electron chi connectivity index (χ0n) is 14.8. The van der Waals surface area contributed by atoms with Gasteiger partial charge in [0.2, 0.25) is 5.95 Å². The first-order valence-electron chi connectivity index (χ1n) is 8.27. The molecular formula is C19H23N5S. The third-order valence-electron chi connectivity index (χ3n) is 4.04. The van der Waals surface area contributed by atoms with E-state index in [1.54, 1.807) is 11.3 Å². The number of aromatic nitrogens is 3. The number of pyridine rings is 1. The Hall–Kier alpha value is -2.31. The highest BCUT2D eigenvalue weighted by Crippen LogP contribution is 2.21. The Balaban J connectivity index is 1.74. The number of thiophene rings is 1. The first-order chi connectivity index (χ1) is 12.1. The van der Waals surface area contributed by atoms with E-state index in [4.69, 9.17) is 0 Å². The average molecular weight is 353 g/mol. The lowest BCUT2D eigenvalue weighted by molar-refractivity contribution is 0.515. The van der Waals surface area contributed by atoms with E-state index in [2.05, 4.69) is 50.1 Å². The first-order valence-corrected chi connectivity index (χ1v) is 9.22. The van der Waals surface area contributed by atoms with Gasteiger partial charge in [-0.2, -0.15) is 11.3 Å². The molecule has 0 aliphatic rings. The van der Waals surface area contributed by atoms with Crippen LogP contribution in [0.15, 0.2) is 47.5 Å². The van der Waals surface area contributed by atoms with Crippen LogP contribution in [0, 0.1) is 6.92 Å².